The van der Waals surface area contributed by atoms with Crippen molar-refractivity contribution in [1.82, 2.24) is 0 Å². The van der Waals surface area contributed by atoms with Crippen LogP contribution in [-0.2, 0) is 4.74 Å². The molecule has 1 atom stereocenters. The minimum absolute atomic E-state index is 0.274. The van der Waals surface area contributed by atoms with Crippen molar-refractivity contribution in [2.24, 2.45) is 5.41 Å². The van der Waals surface area contributed by atoms with Crippen LogP contribution in [0, 0.1) is 5.41 Å². The van der Waals surface area contributed by atoms with Crippen LogP contribution in [0.1, 0.15) is 27.2 Å². The van der Waals surface area contributed by atoms with Gasteiger partial charge in [-0.25, -0.2) is 4.39 Å². The van der Waals surface area contributed by atoms with Crippen LogP contribution in [0.5, 0.6) is 0 Å². The lowest BCUT2D eigenvalue weighted by Crippen LogP contribution is -2.38. The molecule has 1 aliphatic rings. The summed E-state index contributed by atoms with van der Waals surface area (Å²) in [5.74, 6) is 0. The highest BCUT2D eigenvalue weighted by Crippen LogP contribution is 2.40. The molecule has 1 unspecified atom stereocenters. The van der Waals surface area contributed by atoms with Crippen LogP contribution in [0.3, 0.4) is 0 Å². The van der Waals surface area contributed by atoms with E-state index in [0.717, 1.165) is 0 Å². The van der Waals surface area contributed by atoms with Crippen molar-refractivity contribution < 1.29 is 9.13 Å². The molecular formula is C8H15FO. The molecule has 0 amide bonds. The van der Waals surface area contributed by atoms with E-state index in [9.17, 15) is 4.39 Å². The molecular weight excluding hydrogens is 131 g/mol. The van der Waals surface area contributed by atoms with E-state index in [1.54, 1.807) is 0 Å². The smallest absolute Gasteiger partial charge is 0.141 e. The van der Waals surface area contributed by atoms with Crippen molar-refractivity contribution in [3.05, 3.63) is 0 Å². The molecule has 0 N–H and O–H groups in total. The van der Waals surface area contributed by atoms with Gasteiger partial charge in [0.25, 0.3) is 0 Å². The first-order chi connectivity index (χ1) is 4.46. The van der Waals surface area contributed by atoms with Crippen LogP contribution < -0.4 is 0 Å². The molecule has 0 radical (unpaired) electrons. The summed E-state index contributed by atoms with van der Waals surface area (Å²) in [6.45, 7) is 6.61. The minimum Gasteiger partial charge on any atom is -0.378 e. The fourth-order valence-corrected chi connectivity index (χ4v) is 1.13. The van der Waals surface area contributed by atoms with Crippen molar-refractivity contribution in [1.29, 1.82) is 0 Å². The highest BCUT2D eigenvalue weighted by Gasteiger charge is 2.45. The zero-order chi connectivity index (χ0) is 7.83. The zero-order valence-corrected chi connectivity index (χ0v) is 6.91. The van der Waals surface area contributed by atoms with Crippen molar-refractivity contribution in [3.63, 3.8) is 0 Å². The predicted octanol–water partition coefficient (Wildman–Crippen LogP) is 2.16. The normalized spacial score (nSPS) is 34.8. The maximum Gasteiger partial charge on any atom is 0.141 e. The topological polar surface area (TPSA) is 9.23 Å². The van der Waals surface area contributed by atoms with Gasteiger partial charge in [-0.1, -0.05) is 20.8 Å². The molecule has 0 aromatic heterocycles. The summed E-state index contributed by atoms with van der Waals surface area (Å²) in [5, 5.41) is 0. The second-order valence-corrected chi connectivity index (χ2v) is 4.02. The molecule has 0 aliphatic carbocycles. The van der Waals surface area contributed by atoms with Gasteiger partial charge >= 0.3 is 0 Å². The molecule has 0 saturated carbocycles. The number of rotatable bonds is 0. The number of hydrogen-bond donors (Lipinski definition) is 0. The summed E-state index contributed by atoms with van der Waals surface area (Å²) in [5.41, 5.74) is -1.36. The highest BCUT2D eigenvalue weighted by atomic mass is 19.1. The van der Waals surface area contributed by atoms with Crippen molar-refractivity contribution in [2.45, 2.75) is 32.9 Å². The molecule has 0 spiro atoms. The molecule has 1 rings (SSSR count). The summed E-state index contributed by atoms with van der Waals surface area (Å²) < 4.78 is 18.7. The van der Waals surface area contributed by atoms with Gasteiger partial charge in [0.05, 0.1) is 6.61 Å². The number of hydrogen-bond acceptors (Lipinski definition) is 1. The fourth-order valence-electron chi connectivity index (χ4n) is 1.13. The Morgan fingerprint density at radius 2 is 2.00 bits per heavy atom. The van der Waals surface area contributed by atoms with Crippen LogP contribution in [0.2, 0.25) is 0 Å². The summed E-state index contributed by atoms with van der Waals surface area (Å²) >= 11 is 0. The molecule has 0 aromatic rings. The molecule has 2 heteroatoms. The van der Waals surface area contributed by atoms with Gasteiger partial charge in [0.1, 0.15) is 5.67 Å². The van der Waals surface area contributed by atoms with E-state index in [1.165, 1.54) is 0 Å². The third kappa shape index (κ3) is 1.17. The summed E-state index contributed by atoms with van der Waals surface area (Å²) in [6.07, 6.45) is 0.552. The lowest BCUT2D eigenvalue weighted by atomic mass is 9.78. The van der Waals surface area contributed by atoms with Crippen molar-refractivity contribution in [3.8, 4) is 0 Å². The number of halogens is 1. The first kappa shape index (κ1) is 7.99. The molecule has 60 valence electrons. The zero-order valence-electron chi connectivity index (χ0n) is 6.91. The van der Waals surface area contributed by atoms with E-state index in [0.29, 0.717) is 13.0 Å². The van der Waals surface area contributed by atoms with E-state index in [1.807, 2.05) is 20.8 Å². The fraction of sp³-hybridized carbons (Fsp3) is 1.00. The maximum atomic E-state index is 13.7. The monoisotopic (exact) mass is 146 g/mol. The van der Waals surface area contributed by atoms with E-state index in [-0.39, 0.29) is 12.0 Å². The summed E-state index contributed by atoms with van der Waals surface area (Å²) in [7, 11) is 0. The quantitative estimate of drug-likeness (QED) is 0.509. The Morgan fingerprint density at radius 1 is 1.40 bits per heavy atom. The first-order valence-corrected chi connectivity index (χ1v) is 3.72. The molecule has 1 heterocycles. The summed E-state index contributed by atoms with van der Waals surface area (Å²) in [6, 6.07) is 0. The average molecular weight is 146 g/mol. The van der Waals surface area contributed by atoms with Crippen LogP contribution in [0.15, 0.2) is 0 Å². The van der Waals surface area contributed by atoms with Gasteiger partial charge in [0.15, 0.2) is 0 Å². The van der Waals surface area contributed by atoms with Gasteiger partial charge < -0.3 is 4.74 Å². The lowest BCUT2D eigenvalue weighted by molar-refractivity contribution is 0.0174. The highest BCUT2D eigenvalue weighted by molar-refractivity contribution is 4.93. The van der Waals surface area contributed by atoms with E-state index in [2.05, 4.69) is 0 Å². The second kappa shape index (κ2) is 2.19. The average Bonchev–Trinajstić information content (AvgIpc) is 2.13. The Bertz CT molecular complexity index is 120. The third-order valence-corrected chi connectivity index (χ3v) is 2.32. The molecule has 1 saturated heterocycles. The summed E-state index contributed by atoms with van der Waals surface area (Å²) in [4.78, 5) is 0. The standard InChI is InChI=1S/C8H15FO/c1-7(2,3)8(9)4-5-10-6-8/h4-6H2,1-3H3. The Morgan fingerprint density at radius 3 is 2.20 bits per heavy atom. The van der Waals surface area contributed by atoms with Crippen molar-refractivity contribution in [2.75, 3.05) is 13.2 Å². The molecule has 0 aromatic carbocycles. The number of ether oxygens (including phenoxy) is 1. The first-order valence-electron chi connectivity index (χ1n) is 3.72. The van der Waals surface area contributed by atoms with Gasteiger partial charge in [-0.05, 0) is 5.41 Å². The van der Waals surface area contributed by atoms with Crippen LogP contribution in [0.4, 0.5) is 4.39 Å². The van der Waals surface area contributed by atoms with Crippen LogP contribution in [0.25, 0.3) is 0 Å². The predicted molar refractivity (Wildman–Crippen MR) is 38.7 cm³/mol. The van der Waals surface area contributed by atoms with E-state index < -0.39 is 5.67 Å². The van der Waals surface area contributed by atoms with Gasteiger partial charge in [0, 0.05) is 13.0 Å². The van der Waals surface area contributed by atoms with Gasteiger partial charge in [-0.2, -0.15) is 0 Å². The molecule has 1 fully saturated rings. The van der Waals surface area contributed by atoms with Crippen LogP contribution in [-0.4, -0.2) is 18.9 Å². The van der Waals surface area contributed by atoms with E-state index >= 15 is 0 Å². The molecule has 1 aliphatic heterocycles. The Labute approximate surface area is 61.6 Å². The molecule has 0 bridgehead atoms. The van der Waals surface area contributed by atoms with Gasteiger partial charge in [-0.15, -0.1) is 0 Å². The SMILES string of the molecule is CC(C)(C)C1(F)CCOC1. The Balaban J connectivity index is 2.67. The van der Waals surface area contributed by atoms with Gasteiger partial charge in [-0.3, -0.25) is 0 Å². The minimum atomic E-state index is -1.09. The van der Waals surface area contributed by atoms with Gasteiger partial charge in [0.2, 0.25) is 0 Å². The Kier molecular flexibility index (Phi) is 1.75. The second-order valence-electron chi connectivity index (χ2n) is 4.02. The van der Waals surface area contributed by atoms with Crippen molar-refractivity contribution >= 4 is 0 Å². The van der Waals surface area contributed by atoms with Crippen LogP contribution >= 0.6 is 0 Å². The molecule has 10 heavy (non-hydrogen) atoms. The largest absolute Gasteiger partial charge is 0.378 e. The number of alkyl halides is 1. The Hall–Kier alpha value is -0.110. The maximum absolute atomic E-state index is 13.7. The third-order valence-electron chi connectivity index (χ3n) is 2.32. The lowest BCUT2D eigenvalue weighted by Gasteiger charge is -2.32. The van der Waals surface area contributed by atoms with E-state index in [4.69, 9.17) is 4.74 Å². The molecule has 1 nitrogen and oxygen atoms in total.